The third kappa shape index (κ3) is 6.36. The van der Waals surface area contributed by atoms with Gasteiger partial charge in [0.05, 0.1) is 5.56 Å². The highest BCUT2D eigenvalue weighted by molar-refractivity contribution is 5.81. The number of carbonyl (C=O) groups is 2. The quantitative estimate of drug-likeness (QED) is 0.549. The summed E-state index contributed by atoms with van der Waals surface area (Å²) in [7, 11) is 0. The summed E-state index contributed by atoms with van der Waals surface area (Å²) < 4.78 is 5.10. The fourth-order valence-electron chi connectivity index (χ4n) is 1.90. The van der Waals surface area contributed by atoms with Gasteiger partial charge in [0.2, 0.25) is 0 Å². The summed E-state index contributed by atoms with van der Waals surface area (Å²) in [5.74, 6) is 0.294. The Hall–Kier alpha value is -1.84. The maximum absolute atomic E-state index is 11.6. The van der Waals surface area contributed by atoms with Crippen LogP contribution in [0.25, 0.3) is 0 Å². The van der Waals surface area contributed by atoms with Gasteiger partial charge in [-0.2, -0.15) is 0 Å². The van der Waals surface area contributed by atoms with Gasteiger partial charge in [-0.1, -0.05) is 51.2 Å². The van der Waals surface area contributed by atoms with Crippen LogP contribution in [0.3, 0.4) is 0 Å². The molecule has 0 aromatic heterocycles. The summed E-state index contributed by atoms with van der Waals surface area (Å²) in [6.45, 7) is 2.79. The minimum absolute atomic E-state index is 0.294. The highest BCUT2D eigenvalue weighted by Gasteiger charge is 2.07. The zero-order valence-corrected chi connectivity index (χ0v) is 12.1. The SMILES string of the molecule is CCCCCCCCNC(=O)Oc1ccccc1C=O. The molecule has 4 heteroatoms. The third-order valence-electron chi connectivity index (χ3n) is 3.05. The normalized spacial score (nSPS) is 10.1. The molecule has 0 heterocycles. The second-order valence-electron chi connectivity index (χ2n) is 4.74. The lowest BCUT2D eigenvalue weighted by atomic mass is 10.1. The molecule has 1 aromatic rings. The van der Waals surface area contributed by atoms with Gasteiger partial charge < -0.3 is 10.1 Å². The lowest BCUT2D eigenvalue weighted by Gasteiger charge is -2.08. The molecule has 0 aliphatic rings. The minimum Gasteiger partial charge on any atom is -0.410 e. The molecule has 1 rings (SSSR count). The first kappa shape index (κ1) is 16.2. The van der Waals surface area contributed by atoms with E-state index in [1.54, 1.807) is 24.3 Å². The summed E-state index contributed by atoms with van der Waals surface area (Å²) >= 11 is 0. The van der Waals surface area contributed by atoms with Crippen molar-refractivity contribution in [3.63, 3.8) is 0 Å². The van der Waals surface area contributed by atoms with E-state index in [0.717, 1.165) is 12.8 Å². The van der Waals surface area contributed by atoms with Gasteiger partial charge in [-0.25, -0.2) is 4.79 Å². The molecule has 0 aliphatic heterocycles. The minimum atomic E-state index is -0.507. The number of benzene rings is 1. The second-order valence-corrected chi connectivity index (χ2v) is 4.74. The highest BCUT2D eigenvalue weighted by Crippen LogP contribution is 2.15. The summed E-state index contributed by atoms with van der Waals surface area (Å²) in [5.41, 5.74) is 0.377. The van der Waals surface area contributed by atoms with Crippen LogP contribution in [0, 0.1) is 0 Å². The monoisotopic (exact) mass is 277 g/mol. The van der Waals surface area contributed by atoms with Crippen molar-refractivity contribution < 1.29 is 14.3 Å². The molecule has 1 amide bonds. The maximum Gasteiger partial charge on any atom is 0.412 e. The Labute approximate surface area is 120 Å². The van der Waals surface area contributed by atoms with Crippen LogP contribution in [0.15, 0.2) is 24.3 Å². The van der Waals surface area contributed by atoms with Gasteiger partial charge in [-0.15, -0.1) is 0 Å². The van der Waals surface area contributed by atoms with Crippen LogP contribution in [-0.4, -0.2) is 18.9 Å². The number of aldehydes is 1. The Morgan fingerprint density at radius 3 is 2.60 bits per heavy atom. The molecule has 0 unspecified atom stereocenters. The van der Waals surface area contributed by atoms with Crippen LogP contribution in [0.1, 0.15) is 55.8 Å². The second kappa shape index (κ2) is 10.0. The summed E-state index contributed by atoms with van der Waals surface area (Å²) in [4.78, 5) is 22.3. The third-order valence-corrected chi connectivity index (χ3v) is 3.05. The Morgan fingerprint density at radius 1 is 1.15 bits per heavy atom. The van der Waals surface area contributed by atoms with E-state index in [-0.39, 0.29) is 0 Å². The van der Waals surface area contributed by atoms with Crippen molar-refractivity contribution in [2.45, 2.75) is 45.4 Å². The van der Waals surface area contributed by atoms with E-state index in [9.17, 15) is 9.59 Å². The Balaban J connectivity index is 2.19. The van der Waals surface area contributed by atoms with E-state index in [4.69, 9.17) is 4.74 Å². The summed E-state index contributed by atoms with van der Waals surface area (Å²) in [6, 6.07) is 6.67. The molecule has 0 saturated carbocycles. The van der Waals surface area contributed by atoms with Crippen molar-refractivity contribution in [1.82, 2.24) is 5.32 Å². The first-order valence-electron chi connectivity index (χ1n) is 7.27. The first-order chi connectivity index (χ1) is 9.77. The number of nitrogens with one attached hydrogen (secondary N) is 1. The Kier molecular flexibility index (Phi) is 8.11. The molecule has 0 bridgehead atoms. The first-order valence-corrected chi connectivity index (χ1v) is 7.27. The van der Waals surface area contributed by atoms with Crippen LogP contribution in [0.4, 0.5) is 4.79 Å². The van der Waals surface area contributed by atoms with E-state index in [0.29, 0.717) is 24.1 Å². The lowest BCUT2D eigenvalue weighted by molar-refractivity contribution is 0.112. The van der Waals surface area contributed by atoms with Crippen molar-refractivity contribution >= 4 is 12.4 Å². The average molecular weight is 277 g/mol. The van der Waals surface area contributed by atoms with E-state index in [2.05, 4.69) is 12.2 Å². The van der Waals surface area contributed by atoms with E-state index < -0.39 is 6.09 Å². The standard InChI is InChI=1S/C16H23NO3/c1-2-3-4-5-6-9-12-17-16(19)20-15-11-8-7-10-14(15)13-18/h7-8,10-11,13H,2-6,9,12H2,1H3,(H,17,19). The topological polar surface area (TPSA) is 55.4 Å². The number of para-hydroxylation sites is 1. The van der Waals surface area contributed by atoms with E-state index in [1.165, 1.54) is 25.7 Å². The molecule has 1 N–H and O–H groups in total. The van der Waals surface area contributed by atoms with Crippen molar-refractivity contribution in [1.29, 1.82) is 0 Å². The number of carbonyl (C=O) groups excluding carboxylic acids is 2. The highest BCUT2D eigenvalue weighted by atomic mass is 16.6. The Bertz CT molecular complexity index is 418. The Morgan fingerprint density at radius 2 is 1.85 bits per heavy atom. The predicted molar refractivity (Wildman–Crippen MR) is 79.2 cm³/mol. The van der Waals surface area contributed by atoms with Crippen LogP contribution >= 0.6 is 0 Å². The molecular formula is C16H23NO3. The van der Waals surface area contributed by atoms with Crippen LogP contribution in [-0.2, 0) is 0 Å². The number of amides is 1. The molecule has 110 valence electrons. The van der Waals surface area contributed by atoms with Crippen LogP contribution in [0.2, 0.25) is 0 Å². The van der Waals surface area contributed by atoms with Crippen LogP contribution in [0.5, 0.6) is 5.75 Å². The maximum atomic E-state index is 11.6. The van der Waals surface area contributed by atoms with Crippen molar-refractivity contribution in [3.8, 4) is 5.75 Å². The fraction of sp³-hybridized carbons (Fsp3) is 0.500. The number of ether oxygens (including phenoxy) is 1. The van der Waals surface area contributed by atoms with Gasteiger partial charge in [0, 0.05) is 6.54 Å². The molecule has 0 saturated heterocycles. The zero-order chi connectivity index (χ0) is 14.6. The molecule has 20 heavy (non-hydrogen) atoms. The van der Waals surface area contributed by atoms with Crippen molar-refractivity contribution in [2.24, 2.45) is 0 Å². The van der Waals surface area contributed by atoms with Gasteiger partial charge >= 0.3 is 6.09 Å². The number of unbranched alkanes of at least 4 members (excludes halogenated alkanes) is 5. The van der Waals surface area contributed by atoms with Crippen molar-refractivity contribution in [3.05, 3.63) is 29.8 Å². The summed E-state index contributed by atoms with van der Waals surface area (Å²) in [6.07, 6.45) is 7.22. The predicted octanol–water partition coefficient (Wildman–Crippen LogP) is 3.95. The average Bonchev–Trinajstić information content (AvgIpc) is 2.47. The van der Waals surface area contributed by atoms with Gasteiger partial charge in [-0.3, -0.25) is 4.79 Å². The molecule has 0 spiro atoms. The van der Waals surface area contributed by atoms with Gasteiger partial charge in [-0.05, 0) is 18.6 Å². The van der Waals surface area contributed by atoms with Crippen LogP contribution < -0.4 is 10.1 Å². The summed E-state index contributed by atoms with van der Waals surface area (Å²) in [5, 5.41) is 2.70. The van der Waals surface area contributed by atoms with E-state index in [1.807, 2.05) is 0 Å². The molecule has 1 aromatic carbocycles. The molecule has 0 atom stereocenters. The number of hydrogen-bond acceptors (Lipinski definition) is 3. The largest absolute Gasteiger partial charge is 0.412 e. The zero-order valence-electron chi connectivity index (χ0n) is 12.1. The lowest BCUT2D eigenvalue weighted by Crippen LogP contribution is -2.28. The molecule has 0 aliphatic carbocycles. The molecular weight excluding hydrogens is 254 g/mol. The molecule has 0 fully saturated rings. The number of rotatable bonds is 9. The van der Waals surface area contributed by atoms with E-state index >= 15 is 0 Å². The van der Waals surface area contributed by atoms with Crippen molar-refractivity contribution in [2.75, 3.05) is 6.54 Å². The fourth-order valence-corrected chi connectivity index (χ4v) is 1.90. The van der Waals surface area contributed by atoms with Gasteiger partial charge in [0.15, 0.2) is 6.29 Å². The molecule has 4 nitrogen and oxygen atoms in total. The smallest absolute Gasteiger partial charge is 0.410 e. The van der Waals surface area contributed by atoms with Gasteiger partial charge in [0.1, 0.15) is 5.75 Å². The number of hydrogen-bond donors (Lipinski definition) is 1. The molecule has 0 radical (unpaired) electrons. The van der Waals surface area contributed by atoms with Gasteiger partial charge in [0.25, 0.3) is 0 Å².